The summed E-state index contributed by atoms with van der Waals surface area (Å²) in [6, 6.07) is 20.7. The van der Waals surface area contributed by atoms with Gasteiger partial charge in [0.1, 0.15) is 24.7 Å². The molecular weight excluding hydrogens is 402 g/mol. The van der Waals surface area contributed by atoms with Gasteiger partial charge in [-0.25, -0.2) is 0 Å². The number of rotatable bonds is 9. The van der Waals surface area contributed by atoms with Gasteiger partial charge in [-0.3, -0.25) is 4.90 Å². The third-order valence-electron chi connectivity index (χ3n) is 5.66. The van der Waals surface area contributed by atoms with E-state index in [0.717, 1.165) is 56.3 Å². The predicted molar refractivity (Wildman–Crippen MR) is 128 cm³/mol. The summed E-state index contributed by atoms with van der Waals surface area (Å²) < 4.78 is 17.4. The van der Waals surface area contributed by atoms with Gasteiger partial charge in [-0.1, -0.05) is 42.5 Å². The SMILES string of the molecule is CC(C)(O)COc1ccc2ccccc2c1Cc1ccc(OCCN2CCOCC2)cc1. The molecule has 0 radical (unpaired) electrons. The van der Waals surface area contributed by atoms with Gasteiger partial charge in [-0.15, -0.1) is 0 Å². The third kappa shape index (κ3) is 6.22. The van der Waals surface area contributed by atoms with Crippen molar-refractivity contribution < 1.29 is 19.3 Å². The molecule has 1 aliphatic rings. The Balaban J connectivity index is 1.44. The van der Waals surface area contributed by atoms with Crippen LogP contribution in [0.5, 0.6) is 11.5 Å². The summed E-state index contributed by atoms with van der Waals surface area (Å²) in [4.78, 5) is 2.37. The molecular formula is C27H33NO4. The van der Waals surface area contributed by atoms with Crippen LogP contribution in [0.15, 0.2) is 60.7 Å². The maximum absolute atomic E-state index is 10.1. The van der Waals surface area contributed by atoms with Crippen LogP contribution in [-0.2, 0) is 11.2 Å². The van der Waals surface area contributed by atoms with Gasteiger partial charge in [-0.05, 0) is 48.4 Å². The Morgan fingerprint density at radius 2 is 1.69 bits per heavy atom. The lowest BCUT2D eigenvalue weighted by Gasteiger charge is -2.26. The summed E-state index contributed by atoms with van der Waals surface area (Å²) >= 11 is 0. The first-order valence-electron chi connectivity index (χ1n) is 11.4. The molecule has 1 saturated heterocycles. The van der Waals surface area contributed by atoms with Crippen molar-refractivity contribution in [3.63, 3.8) is 0 Å². The molecule has 0 aliphatic carbocycles. The zero-order valence-corrected chi connectivity index (χ0v) is 19.0. The largest absolute Gasteiger partial charge is 0.492 e. The van der Waals surface area contributed by atoms with Gasteiger partial charge in [0.15, 0.2) is 0 Å². The number of morpholine rings is 1. The van der Waals surface area contributed by atoms with Crippen LogP contribution in [0.3, 0.4) is 0 Å². The van der Waals surface area contributed by atoms with Crippen LogP contribution in [0.25, 0.3) is 10.8 Å². The molecule has 1 N–H and O–H groups in total. The Morgan fingerprint density at radius 3 is 2.44 bits per heavy atom. The third-order valence-corrected chi connectivity index (χ3v) is 5.66. The van der Waals surface area contributed by atoms with Crippen LogP contribution in [0.1, 0.15) is 25.0 Å². The zero-order chi connectivity index (χ0) is 22.4. The van der Waals surface area contributed by atoms with E-state index in [4.69, 9.17) is 14.2 Å². The van der Waals surface area contributed by atoms with E-state index < -0.39 is 5.60 Å². The van der Waals surface area contributed by atoms with Crippen LogP contribution in [0.4, 0.5) is 0 Å². The highest BCUT2D eigenvalue weighted by Crippen LogP contribution is 2.31. The minimum Gasteiger partial charge on any atom is -0.492 e. The second kappa shape index (κ2) is 10.3. The van der Waals surface area contributed by atoms with Crippen molar-refractivity contribution in [1.29, 1.82) is 0 Å². The molecule has 0 bridgehead atoms. The monoisotopic (exact) mass is 435 g/mol. The molecule has 3 aromatic rings. The molecule has 5 heteroatoms. The van der Waals surface area contributed by atoms with Crippen LogP contribution in [0, 0.1) is 0 Å². The van der Waals surface area contributed by atoms with Gasteiger partial charge < -0.3 is 19.3 Å². The minimum absolute atomic E-state index is 0.244. The number of aliphatic hydroxyl groups is 1. The van der Waals surface area contributed by atoms with E-state index in [9.17, 15) is 5.11 Å². The van der Waals surface area contributed by atoms with Crippen LogP contribution >= 0.6 is 0 Å². The number of nitrogens with zero attached hydrogens (tertiary/aromatic N) is 1. The normalized spacial score (nSPS) is 15.1. The van der Waals surface area contributed by atoms with Crippen molar-refractivity contribution >= 4 is 10.8 Å². The first-order chi connectivity index (χ1) is 15.5. The molecule has 5 nitrogen and oxygen atoms in total. The molecule has 1 heterocycles. The second-order valence-electron chi connectivity index (χ2n) is 8.99. The van der Waals surface area contributed by atoms with E-state index in [1.165, 1.54) is 16.3 Å². The highest BCUT2D eigenvalue weighted by molar-refractivity contribution is 5.88. The Labute approximate surface area is 190 Å². The minimum atomic E-state index is -0.886. The molecule has 170 valence electrons. The molecule has 0 saturated carbocycles. The molecule has 3 aromatic carbocycles. The van der Waals surface area contributed by atoms with E-state index >= 15 is 0 Å². The van der Waals surface area contributed by atoms with Gasteiger partial charge in [0.25, 0.3) is 0 Å². The fourth-order valence-corrected chi connectivity index (χ4v) is 3.91. The van der Waals surface area contributed by atoms with Crippen LogP contribution in [-0.4, -0.2) is 61.7 Å². The highest BCUT2D eigenvalue weighted by atomic mass is 16.5. The standard InChI is InChI=1S/C27H33NO4/c1-27(2,29)20-32-26-12-9-22-5-3-4-6-24(22)25(26)19-21-7-10-23(11-8-21)31-18-15-28-13-16-30-17-14-28/h3-12,29H,13-20H2,1-2H3. The van der Waals surface area contributed by atoms with E-state index in [0.29, 0.717) is 6.61 Å². The maximum Gasteiger partial charge on any atom is 0.123 e. The van der Waals surface area contributed by atoms with Gasteiger partial charge in [0.05, 0.1) is 18.8 Å². The van der Waals surface area contributed by atoms with E-state index in [1.54, 1.807) is 13.8 Å². The van der Waals surface area contributed by atoms with Crippen molar-refractivity contribution in [2.75, 3.05) is 46.1 Å². The Bertz CT molecular complexity index is 1000. The highest BCUT2D eigenvalue weighted by Gasteiger charge is 2.16. The summed E-state index contributed by atoms with van der Waals surface area (Å²) in [5.74, 6) is 1.70. The van der Waals surface area contributed by atoms with Gasteiger partial charge in [0.2, 0.25) is 0 Å². The van der Waals surface area contributed by atoms with Crippen molar-refractivity contribution in [2.45, 2.75) is 25.9 Å². The van der Waals surface area contributed by atoms with Crippen molar-refractivity contribution in [3.8, 4) is 11.5 Å². The smallest absolute Gasteiger partial charge is 0.123 e. The summed E-state index contributed by atoms with van der Waals surface area (Å²) in [5.41, 5.74) is 1.44. The number of benzene rings is 3. The van der Waals surface area contributed by atoms with Crippen molar-refractivity contribution in [3.05, 3.63) is 71.8 Å². The molecule has 0 amide bonds. The zero-order valence-electron chi connectivity index (χ0n) is 19.0. The fraction of sp³-hybridized carbons (Fsp3) is 0.407. The topological polar surface area (TPSA) is 51.2 Å². The first-order valence-corrected chi connectivity index (χ1v) is 11.4. The lowest BCUT2D eigenvalue weighted by Crippen LogP contribution is -2.38. The number of hydrogen-bond acceptors (Lipinski definition) is 5. The number of hydrogen-bond donors (Lipinski definition) is 1. The summed E-state index contributed by atoms with van der Waals surface area (Å²) in [6.07, 6.45) is 0.747. The summed E-state index contributed by atoms with van der Waals surface area (Å²) in [5, 5.41) is 12.5. The number of fused-ring (bicyclic) bond motifs is 1. The van der Waals surface area contributed by atoms with Crippen LogP contribution < -0.4 is 9.47 Å². The van der Waals surface area contributed by atoms with Crippen molar-refractivity contribution in [1.82, 2.24) is 4.90 Å². The predicted octanol–water partition coefficient (Wildman–Crippen LogP) is 4.29. The van der Waals surface area contributed by atoms with Gasteiger partial charge >= 0.3 is 0 Å². The first kappa shape index (κ1) is 22.6. The molecule has 1 fully saturated rings. The quantitative estimate of drug-likeness (QED) is 0.543. The molecule has 32 heavy (non-hydrogen) atoms. The summed E-state index contributed by atoms with van der Waals surface area (Å²) in [6.45, 7) is 8.93. The Kier molecular flexibility index (Phi) is 7.30. The molecule has 0 unspecified atom stereocenters. The van der Waals surface area contributed by atoms with Crippen molar-refractivity contribution in [2.24, 2.45) is 0 Å². The van der Waals surface area contributed by atoms with E-state index in [1.807, 2.05) is 24.3 Å². The summed E-state index contributed by atoms with van der Waals surface area (Å²) in [7, 11) is 0. The van der Waals surface area contributed by atoms with Crippen LogP contribution in [0.2, 0.25) is 0 Å². The molecule has 4 rings (SSSR count). The number of ether oxygens (including phenoxy) is 3. The lowest BCUT2D eigenvalue weighted by molar-refractivity contribution is 0.0282. The Morgan fingerprint density at radius 1 is 0.938 bits per heavy atom. The molecule has 0 atom stereocenters. The lowest BCUT2D eigenvalue weighted by atomic mass is 9.97. The fourth-order valence-electron chi connectivity index (χ4n) is 3.91. The van der Waals surface area contributed by atoms with E-state index in [-0.39, 0.29) is 6.61 Å². The maximum atomic E-state index is 10.1. The Hall–Kier alpha value is -2.60. The second-order valence-corrected chi connectivity index (χ2v) is 8.99. The molecule has 0 spiro atoms. The van der Waals surface area contributed by atoms with E-state index in [2.05, 4.69) is 41.3 Å². The molecule has 1 aliphatic heterocycles. The average molecular weight is 436 g/mol. The van der Waals surface area contributed by atoms with Gasteiger partial charge in [-0.2, -0.15) is 0 Å². The average Bonchev–Trinajstić information content (AvgIpc) is 2.80. The molecule has 0 aromatic heterocycles. The van der Waals surface area contributed by atoms with Gasteiger partial charge in [0, 0.05) is 31.6 Å².